The highest BCUT2D eigenvalue weighted by molar-refractivity contribution is 8.00. The van der Waals surface area contributed by atoms with Gasteiger partial charge in [0.15, 0.2) is 5.16 Å². The first kappa shape index (κ1) is 19.7. The summed E-state index contributed by atoms with van der Waals surface area (Å²) in [5.41, 5.74) is 2.49. The number of nitrogens with zero attached hydrogens (tertiary/aromatic N) is 3. The van der Waals surface area contributed by atoms with Crippen LogP contribution in [-0.2, 0) is 4.79 Å². The first-order chi connectivity index (χ1) is 14.7. The zero-order chi connectivity index (χ0) is 20.8. The number of aromatic nitrogens is 3. The number of anilines is 1. The fourth-order valence-electron chi connectivity index (χ4n) is 2.99. The number of ether oxygens (including phenoxy) is 1. The second kappa shape index (κ2) is 9.28. The highest BCUT2D eigenvalue weighted by atomic mass is 32.2. The van der Waals surface area contributed by atoms with Crippen LogP contribution in [0.1, 0.15) is 10.8 Å². The van der Waals surface area contributed by atoms with E-state index in [1.165, 1.54) is 11.8 Å². The number of hydrogen-bond acceptors (Lipinski definition) is 5. The molecule has 1 N–H and O–H groups in total. The number of carbonyl (C=O) groups is 1. The minimum atomic E-state index is -0.510. The van der Waals surface area contributed by atoms with E-state index in [-0.39, 0.29) is 5.91 Å². The highest BCUT2D eigenvalue weighted by Gasteiger charge is 2.25. The Labute approximate surface area is 178 Å². The van der Waals surface area contributed by atoms with Crippen LogP contribution in [0.2, 0.25) is 0 Å². The second-order valence-corrected chi connectivity index (χ2v) is 7.52. The molecule has 7 heteroatoms. The number of methoxy groups -OCH3 is 1. The Morgan fingerprint density at radius 1 is 1.00 bits per heavy atom. The van der Waals surface area contributed by atoms with Crippen LogP contribution in [0.3, 0.4) is 0 Å². The first-order valence-electron chi connectivity index (χ1n) is 9.36. The number of carbonyl (C=O) groups excluding carboxylic acids is 1. The molecule has 1 amide bonds. The van der Waals surface area contributed by atoms with Gasteiger partial charge in [0.25, 0.3) is 0 Å². The molecule has 0 aliphatic carbocycles. The first-order valence-corrected chi connectivity index (χ1v) is 10.2. The maximum Gasteiger partial charge on any atom is 0.242 e. The van der Waals surface area contributed by atoms with E-state index < -0.39 is 5.25 Å². The van der Waals surface area contributed by atoms with Crippen molar-refractivity contribution in [3.05, 3.63) is 96.8 Å². The average molecular weight is 417 g/mol. The number of nitrogens with one attached hydrogen (secondary N) is 1. The number of amides is 1. The van der Waals surface area contributed by atoms with Crippen LogP contribution in [0.15, 0.2) is 96.4 Å². The van der Waals surface area contributed by atoms with Crippen LogP contribution in [0.5, 0.6) is 5.75 Å². The fraction of sp³-hybridized carbons (Fsp3) is 0.0870. The number of benzene rings is 3. The molecule has 3 aromatic carbocycles. The number of rotatable bonds is 7. The van der Waals surface area contributed by atoms with E-state index in [1.54, 1.807) is 19.5 Å². The zero-order valence-corrected chi connectivity index (χ0v) is 17.1. The minimum Gasteiger partial charge on any atom is -0.497 e. The molecule has 30 heavy (non-hydrogen) atoms. The molecule has 150 valence electrons. The Hall–Kier alpha value is -3.58. The topological polar surface area (TPSA) is 69.0 Å². The van der Waals surface area contributed by atoms with Crippen LogP contribution >= 0.6 is 11.8 Å². The number of thioether (sulfide) groups is 1. The van der Waals surface area contributed by atoms with Gasteiger partial charge in [0.1, 0.15) is 17.3 Å². The summed E-state index contributed by atoms with van der Waals surface area (Å²) in [5.74, 6) is 0.530. The molecule has 0 bridgehead atoms. The molecular weight excluding hydrogens is 396 g/mol. The van der Waals surface area contributed by atoms with Gasteiger partial charge in [-0.1, -0.05) is 66.4 Å². The summed E-state index contributed by atoms with van der Waals surface area (Å²) in [5, 5.41) is 11.4. The van der Waals surface area contributed by atoms with Crippen molar-refractivity contribution in [1.82, 2.24) is 14.8 Å². The molecule has 0 aliphatic rings. The van der Waals surface area contributed by atoms with Crippen LogP contribution in [0, 0.1) is 0 Å². The quantitative estimate of drug-likeness (QED) is 0.441. The van der Waals surface area contributed by atoms with Gasteiger partial charge in [-0.25, -0.2) is 0 Å². The average Bonchev–Trinajstić information content (AvgIpc) is 3.27. The largest absolute Gasteiger partial charge is 0.497 e. The summed E-state index contributed by atoms with van der Waals surface area (Å²) >= 11 is 1.35. The number of hydrogen-bond donors (Lipinski definition) is 1. The summed E-state index contributed by atoms with van der Waals surface area (Å²) in [4.78, 5) is 13.3. The number of para-hydroxylation sites is 1. The molecule has 0 unspecified atom stereocenters. The van der Waals surface area contributed by atoms with E-state index in [0.29, 0.717) is 16.6 Å². The van der Waals surface area contributed by atoms with Crippen molar-refractivity contribution in [2.24, 2.45) is 0 Å². The lowest BCUT2D eigenvalue weighted by Gasteiger charge is -2.17. The predicted octanol–water partition coefficient (Wildman–Crippen LogP) is 4.75. The monoisotopic (exact) mass is 416 g/mol. The van der Waals surface area contributed by atoms with E-state index in [2.05, 4.69) is 15.5 Å². The van der Waals surface area contributed by atoms with E-state index in [9.17, 15) is 4.79 Å². The Balaban J connectivity index is 1.63. The third-order valence-electron chi connectivity index (χ3n) is 4.45. The van der Waals surface area contributed by atoms with Crippen molar-refractivity contribution >= 4 is 23.4 Å². The molecule has 0 aliphatic heterocycles. The summed E-state index contributed by atoms with van der Waals surface area (Å²) in [7, 11) is 1.60. The Kier molecular flexibility index (Phi) is 6.10. The second-order valence-electron chi connectivity index (χ2n) is 6.45. The van der Waals surface area contributed by atoms with Gasteiger partial charge in [-0.2, -0.15) is 0 Å². The lowest BCUT2D eigenvalue weighted by atomic mass is 10.1. The van der Waals surface area contributed by atoms with Gasteiger partial charge in [-0.05, 0) is 29.8 Å². The smallest absolute Gasteiger partial charge is 0.242 e. The lowest BCUT2D eigenvalue weighted by molar-refractivity contribution is -0.115. The van der Waals surface area contributed by atoms with Crippen LogP contribution < -0.4 is 10.1 Å². The summed E-state index contributed by atoms with van der Waals surface area (Å²) < 4.78 is 7.13. The van der Waals surface area contributed by atoms with Crippen molar-refractivity contribution in [3.8, 4) is 11.4 Å². The molecule has 1 aromatic heterocycles. The fourth-order valence-corrected chi connectivity index (χ4v) is 4.02. The highest BCUT2D eigenvalue weighted by Crippen LogP contribution is 2.36. The molecule has 4 rings (SSSR count). The SMILES string of the molecule is COc1cccc(NC(=O)[C@H](Sc2nncn2-c2ccccc2)c2ccccc2)c1. The van der Waals surface area contributed by atoms with Gasteiger partial charge < -0.3 is 10.1 Å². The Morgan fingerprint density at radius 2 is 1.73 bits per heavy atom. The molecular formula is C23H20N4O2S. The Bertz CT molecular complexity index is 1120. The van der Waals surface area contributed by atoms with Gasteiger partial charge in [-0.3, -0.25) is 9.36 Å². The van der Waals surface area contributed by atoms with E-state index >= 15 is 0 Å². The third kappa shape index (κ3) is 4.52. The van der Waals surface area contributed by atoms with E-state index in [1.807, 2.05) is 83.4 Å². The molecule has 0 radical (unpaired) electrons. The summed E-state index contributed by atoms with van der Waals surface area (Å²) in [6, 6.07) is 26.7. The van der Waals surface area contributed by atoms with Crippen molar-refractivity contribution in [2.45, 2.75) is 10.4 Å². The molecule has 0 saturated carbocycles. The molecule has 0 saturated heterocycles. The standard InChI is InChI=1S/C23H20N4O2S/c1-29-20-14-8-11-18(15-20)25-22(28)21(17-9-4-2-5-10-17)30-23-26-24-16-27(23)19-12-6-3-7-13-19/h2-16,21H,1H3,(H,25,28)/t21-/m1/s1. The molecule has 0 fully saturated rings. The molecule has 1 atom stereocenters. The molecule has 1 heterocycles. The van der Waals surface area contributed by atoms with Crippen molar-refractivity contribution in [2.75, 3.05) is 12.4 Å². The zero-order valence-electron chi connectivity index (χ0n) is 16.3. The van der Waals surface area contributed by atoms with Crippen molar-refractivity contribution < 1.29 is 9.53 Å². The van der Waals surface area contributed by atoms with Crippen LogP contribution in [0.4, 0.5) is 5.69 Å². The van der Waals surface area contributed by atoms with Crippen molar-refractivity contribution in [1.29, 1.82) is 0 Å². The predicted molar refractivity (Wildman–Crippen MR) is 118 cm³/mol. The van der Waals surface area contributed by atoms with Gasteiger partial charge in [0, 0.05) is 17.4 Å². The van der Waals surface area contributed by atoms with Crippen LogP contribution in [0.25, 0.3) is 5.69 Å². The Morgan fingerprint density at radius 3 is 2.47 bits per heavy atom. The maximum absolute atomic E-state index is 13.3. The summed E-state index contributed by atoms with van der Waals surface area (Å²) in [6.45, 7) is 0. The van der Waals surface area contributed by atoms with E-state index in [0.717, 1.165) is 11.3 Å². The summed E-state index contributed by atoms with van der Waals surface area (Å²) in [6.07, 6.45) is 1.65. The van der Waals surface area contributed by atoms with Gasteiger partial charge in [0.2, 0.25) is 5.91 Å². The lowest BCUT2D eigenvalue weighted by Crippen LogP contribution is -2.19. The maximum atomic E-state index is 13.3. The molecule has 6 nitrogen and oxygen atoms in total. The van der Waals surface area contributed by atoms with Crippen LogP contribution in [-0.4, -0.2) is 27.8 Å². The van der Waals surface area contributed by atoms with Gasteiger partial charge in [-0.15, -0.1) is 10.2 Å². The van der Waals surface area contributed by atoms with Gasteiger partial charge >= 0.3 is 0 Å². The van der Waals surface area contributed by atoms with Crippen molar-refractivity contribution in [3.63, 3.8) is 0 Å². The minimum absolute atomic E-state index is 0.151. The van der Waals surface area contributed by atoms with Gasteiger partial charge in [0.05, 0.1) is 7.11 Å². The molecule has 0 spiro atoms. The molecule has 4 aromatic rings. The third-order valence-corrected chi connectivity index (χ3v) is 5.66. The van der Waals surface area contributed by atoms with E-state index in [4.69, 9.17) is 4.74 Å². The normalized spacial score (nSPS) is 11.6.